The molecule has 1 amide bonds. The number of hydrogen-bond acceptors (Lipinski definition) is 3. The lowest BCUT2D eigenvalue weighted by atomic mass is 10.0. The van der Waals surface area contributed by atoms with Crippen LogP contribution in [0.4, 0.5) is 0 Å². The topological polar surface area (TPSA) is 68.3 Å². The second kappa shape index (κ2) is 9.20. The summed E-state index contributed by atoms with van der Waals surface area (Å²) in [5, 5.41) is 4.19. The highest BCUT2D eigenvalue weighted by Crippen LogP contribution is 2.28. The SMILES string of the molecule is NCCCCCCC(=O)NC(c1ccccc1)c1cc2ccccc2o1. The van der Waals surface area contributed by atoms with Gasteiger partial charge in [-0.25, -0.2) is 0 Å². The van der Waals surface area contributed by atoms with E-state index >= 15 is 0 Å². The molecule has 3 rings (SSSR count). The molecule has 4 heteroatoms. The molecule has 0 radical (unpaired) electrons. The van der Waals surface area contributed by atoms with Gasteiger partial charge in [0.15, 0.2) is 0 Å². The van der Waals surface area contributed by atoms with Crippen molar-refractivity contribution >= 4 is 16.9 Å². The van der Waals surface area contributed by atoms with E-state index in [4.69, 9.17) is 10.2 Å². The number of carbonyl (C=O) groups excluding carboxylic acids is 1. The predicted molar refractivity (Wildman–Crippen MR) is 105 cm³/mol. The lowest BCUT2D eigenvalue weighted by Gasteiger charge is -2.17. The third-order valence-corrected chi connectivity index (χ3v) is 4.53. The number of rotatable bonds is 9. The van der Waals surface area contributed by atoms with E-state index in [0.717, 1.165) is 48.0 Å². The fourth-order valence-corrected chi connectivity index (χ4v) is 3.13. The molecule has 0 bridgehead atoms. The third-order valence-electron chi connectivity index (χ3n) is 4.53. The number of nitrogens with two attached hydrogens (primary N) is 1. The molecule has 26 heavy (non-hydrogen) atoms. The molecule has 0 aliphatic carbocycles. The number of para-hydroxylation sites is 1. The zero-order valence-corrected chi connectivity index (χ0v) is 15.0. The van der Waals surface area contributed by atoms with E-state index in [1.54, 1.807) is 0 Å². The van der Waals surface area contributed by atoms with E-state index in [2.05, 4.69) is 5.32 Å². The van der Waals surface area contributed by atoms with E-state index in [1.807, 2.05) is 60.7 Å². The lowest BCUT2D eigenvalue weighted by Crippen LogP contribution is -2.28. The normalized spacial score (nSPS) is 12.2. The zero-order chi connectivity index (χ0) is 18.2. The van der Waals surface area contributed by atoms with E-state index < -0.39 is 0 Å². The van der Waals surface area contributed by atoms with Gasteiger partial charge in [-0.15, -0.1) is 0 Å². The van der Waals surface area contributed by atoms with Crippen LogP contribution in [-0.4, -0.2) is 12.5 Å². The highest BCUT2D eigenvalue weighted by atomic mass is 16.3. The first kappa shape index (κ1) is 18.2. The molecule has 1 aromatic heterocycles. The Labute approximate surface area is 154 Å². The Morgan fingerprint density at radius 2 is 1.69 bits per heavy atom. The van der Waals surface area contributed by atoms with Crippen molar-refractivity contribution < 1.29 is 9.21 Å². The van der Waals surface area contributed by atoms with Crippen LogP contribution in [0.15, 0.2) is 65.1 Å². The molecule has 0 spiro atoms. The van der Waals surface area contributed by atoms with E-state index in [-0.39, 0.29) is 11.9 Å². The van der Waals surface area contributed by atoms with Crippen LogP contribution < -0.4 is 11.1 Å². The maximum Gasteiger partial charge on any atom is 0.220 e. The fraction of sp³-hybridized carbons (Fsp3) is 0.318. The molecule has 3 aromatic rings. The van der Waals surface area contributed by atoms with Crippen molar-refractivity contribution in [2.45, 2.75) is 38.1 Å². The average molecular weight is 350 g/mol. The average Bonchev–Trinajstić information content (AvgIpc) is 3.10. The van der Waals surface area contributed by atoms with Crippen molar-refractivity contribution in [2.24, 2.45) is 5.73 Å². The van der Waals surface area contributed by atoms with Gasteiger partial charge in [0.05, 0.1) is 0 Å². The number of benzene rings is 2. The second-order valence-corrected chi connectivity index (χ2v) is 6.55. The molecule has 0 saturated heterocycles. The van der Waals surface area contributed by atoms with Crippen LogP contribution in [0, 0.1) is 0 Å². The van der Waals surface area contributed by atoms with Crippen molar-refractivity contribution in [2.75, 3.05) is 6.54 Å². The summed E-state index contributed by atoms with van der Waals surface area (Å²) in [6.07, 6.45) is 4.54. The Morgan fingerprint density at radius 1 is 0.962 bits per heavy atom. The molecule has 3 N–H and O–H groups in total. The second-order valence-electron chi connectivity index (χ2n) is 6.55. The third kappa shape index (κ3) is 4.73. The quantitative estimate of drug-likeness (QED) is 0.556. The monoisotopic (exact) mass is 350 g/mol. The summed E-state index contributed by atoms with van der Waals surface area (Å²) in [4.78, 5) is 12.5. The highest BCUT2D eigenvalue weighted by molar-refractivity contribution is 5.79. The Morgan fingerprint density at radius 3 is 2.46 bits per heavy atom. The van der Waals surface area contributed by atoms with Gasteiger partial charge in [-0.2, -0.15) is 0 Å². The van der Waals surface area contributed by atoms with Crippen LogP contribution in [0.2, 0.25) is 0 Å². The van der Waals surface area contributed by atoms with Gasteiger partial charge >= 0.3 is 0 Å². The van der Waals surface area contributed by atoms with Crippen LogP contribution in [0.3, 0.4) is 0 Å². The van der Waals surface area contributed by atoms with E-state index in [0.29, 0.717) is 13.0 Å². The Bertz CT molecular complexity index is 793. The minimum Gasteiger partial charge on any atom is -0.459 e. The molecule has 0 aliphatic heterocycles. The van der Waals surface area contributed by atoms with Crippen molar-refractivity contribution in [3.63, 3.8) is 0 Å². The van der Waals surface area contributed by atoms with Crippen LogP contribution >= 0.6 is 0 Å². The number of unbranched alkanes of at least 4 members (excludes halogenated alkanes) is 3. The summed E-state index contributed by atoms with van der Waals surface area (Å²) in [7, 11) is 0. The number of fused-ring (bicyclic) bond motifs is 1. The number of furan rings is 1. The first-order chi connectivity index (χ1) is 12.8. The standard InChI is InChI=1S/C22H26N2O2/c23-15-9-2-1-6-14-21(25)24-22(17-10-4-3-5-11-17)20-16-18-12-7-8-13-19(18)26-20/h3-5,7-8,10-13,16,22H,1-2,6,9,14-15,23H2,(H,24,25). The maximum atomic E-state index is 12.5. The molecule has 0 saturated carbocycles. The summed E-state index contributed by atoms with van der Waals surface area (Å²) >= 11 is 0. The van der Waals surface area contributed by atoms with Crippen LogP contribution in [0.5, 0.6) is 0 Å². The van der Waals surface area contributed by atoms with Gasteiger partial charge < -0.3 is 15.5 Å². The van der Waals surface area contributed by atoms with E-state index in [1.165, 1.54) is 0 Å². The fourth-order valence-electron chi connectivity index (χ4n) is 3.13. The first-order valence-electron chi connectivity index (χ1n) is 9.31. The Kier molecular flexibility index (Phi) is 6.45. The van der Waals surface area contributed by atoms with Gasteiger partial charge in [0.2, 0.25) is 5.91 Å². The van der Waals surface area contributed by atoms with Gasteiger partial charge in [-0.3, -0.25) is 4.79 Å². The van der Waals surface area contributed by atoms with Crippen molar-refractivity contribution in [1.82, 2.24) is 5.32 Å². The number of nitrogens with one attached hydrogen (secondary N) is 1. The minimum absolute atomic E-state index is 0.0482. The largest absolute Gasteiger partial charge is 0.459 e. The molecule has 4 nitrogen and oxygen atoms in total. The van der Waals surface area contributed by atoms with E-state index in [9.17, 15) is 4.79 Å². The van der Waals surface area contributed by atoms with Gasteiger partial charge in [0, 0.05) is 11.8 Å². The highest BCUT2D eigenvalue weighted by Gasteiger charge is 2.20. The molecule has 1 heterocycles. The molecule has 0 aliphatic rings. The molecular formula is C22H26N2O2. The molecule has 1 atom stereocenters. The van der Waals surface area contributed by atoms with Gasteiger partial charge in [0.25, 0.3) is 0 Å². The summed E-state index contributed by atoms with van der Waals surface area (Å²) < 4.78 is 6.01. The molecule has 0 fully saturated rings. The maximum absolute atomic E-state index is 12.5. The number of amides is 1. The zero-order valence-electron chi connectivity index (χ0n) is 15.0. The number of hydrogen-bond donors (Lipinski definition) is 2. The minimum atomic E-state index is -0.278. The van der Waals surface area contributed by atoms with Crippen molar-refractivity contribution in [1.29, 1.82) is 0 Å². The predicted octanol–water partition coefficient (Wildman–Crippen LogP) is 4.55. The number of carbonyl (C=O) groups is 1. The first-order valence-corrected chi connectivity index (χ1v) is 9.31. The van der Waals surface area contributed by atoms with Crippen LogP contribution in [-0.2, 0) is 4.79 Å². The smallest absolute Gasteiger partial charge is 0.220 e. The van der Waals surface area contributed by atoms with Gasteiger partial charge in [-0.05, 0) is 37.1 Å². The van der Waals surface area contributed by atoms with Gasteiger partial charge in [-0.1, -0.05) is 61.4 Å². The molecule has 2 aromatic carbocycles. The summed E-state index contributed by atoms with van der Waals surface area (Å²) in [6.45, 7) is 0.717. The Balaban J connectivity index is 1.73. The summed E-state index contributed by atoms with van der Waals surface area (Å²) in [6, 6.07) is 19.6. The van der Waals surface area contributed by atoms with Crippen molar-refractivity contribution in [3.8, 4) is 0 Å². The van der Waals surface area contributed by atoms with Crippen molar-refractivity contribution in [3.05, 3.63) is 72.0 Å². The van der Waals surface area contributed by atoms with Crippen LogP contribution in [0.1, 0.15) is 49.5 Å². The summed E-state index contributed by atoms with van der Waals surface area (Å²) in [5.41, 5.74) is 7.36. The molecule has 136 valence electrons. The van der Waals surface area contributed by atoms with Gasteiger partial charge in [0.1, 0.15) is 17.4 Å². The lowest BCUT2D eigenvalue weighted by molar-refractivity contribution is -0.121. The van der Waals surface area contributed by atoms with Crippen LogP contribution in [0.25, 0.3) is 11.0 Å². The Hall–Kier alpha value is -2.59. The summed E-state index contributed by atoms with van der Waals surface area (Å²) in [5.74, 6) is 0.806. The molecular weight excluding hydrogens is 324 g/mol. The molecule has 1 unspecified atom stereocenters.